The Morgan fingerprint density at radius 1 is 1.00 bits per heavy atom. The smallest absolute Gasteiger partial charge is 0.163 e. The molecule has 0 aliphatic carbocycles. The highest BCUT2D eigenvalue weighted by Gasteiger charge is 2.19. The second-order valence-corrected chi connectivity index (χ2v) is 7.61. The second kappa shape index (κ2) is 7.50. The van der Waals surface area contributed by atoms with Crippen LogP contribution in [0.3, 0.4) is 0 Å². The van der Waals surface area contributed by atoms with Crippen LogP contribution in [0.25, 0.3) is 22.4 Å². The van der Waals surface area contributed by atoms with Gasteiger partial charge in [0.05, 0.1) is 27.3 Å². The van der Waals surface area contributed by atoms with E-state index in [1.54, 1.807) is 30.9 Å². The number of anilines is 2. The summed E-state index contributed by atoms with van der Waals surface area (Å²) < 4.78 is 1.81. The van der Waals surface area contributed by atoms with E-state index in [0.717, 1.165) is 29.9 Å². The number of nitrogens with zero attached hydrogens (tertiary/aromatic N) is 6. The summed E-state index contributed by atoms with van der Waals surface area (Å²) in [5.41, 5.74) is 5.54. The average Bonchev–Trinajstić information content (AvgIpc) is 3.38. The Labute approximate surface area is 177 Å². The number of nitrogens with one attached hydrogen (secondary N) is 1. The van der Waals surface area contributed by atoms with Gasteiger partial charge in [-0.25, -0.2) is 19.6 Å². The van der Waals surface area contributed by atoms with Crippen LogP contribution in [0.2, 0.25) is 10.0 Å². The fourth-order valence-electron chi connectivity index (χ4n) is 3.56. The number of aromatic nitrogens is 5. The van der Waals surface area contributed by atoms with Crippen molar-refractivity contribution < 1.29 is 0 Å². The van der Waals surface area contributed by atoms with E-state index in [2.05, 4.69) is 25.3 Å². The van der Waals surface area contributed by atoms with Crippen molar-refractivity contribution in [1.82, 2.24) is 24.6 Å². The van der Waals surface area contributed by atoms with Crippen LogP contribution >= 0.6 is 23.2 Å². The van der Waals surface area contributed by atoms with Crippen LogP contribution in [-0.2, 0) is 0 Å². The van der Waals surface area contributed by atoms with Crippen LogP contribution in [0.5, 0.6) is 0 Å². The first-order valence-corrected chi connectivity index (χ1v) is 10.1. The molecule has 4 heterocycles. The van der Waals surface area contributed by atoms with E-state index in [4.69, 9.17) is 28.2 Å². The van der Waals surface area contributed by atoms with Crippen molar-refractivity contribution in [2.24, 2.45) is 0 Å². The molecule has 0 spiro atoms. The van der Waals surface area contributed by atoms with Gasteiger partial charge in [0.15, 0.2) is 5.82 Å². The number of hydrogen-bond acceptors (Lipinski definition) is 6. The average molecular weight is 426 g/mol. The van der Waals surface area contributed by atoms with Gasteiger partial charge in [-0.3, -0.25) is 10.4 Å². The number of benzene rings is 1. The SMILES string of the molecule is Clc1cccc(Cl)c1-c1nc2ccncc2n1Nc1cc(N2CCCC2)ncn1. The van der Waals surface area contributed by atoms with E-state index in [9.17, 15) is 0 Å². The van der Waals surface area contributed by atoms with Crippen molar-refractivity contribution in [3.05, 3.63) is 59.1 Å². The van der Waals surface area contributed by atoms with E-state index in [1.165, 1.54) is 12.8 Å². The fraction of sp³-hybridized carbons (Fsp3) is 0.200. The van der Waals surface area contributed by atoms with E-state index >= 15 is 0 Å². The molecular formula is C20H17Cl2N7. The Morgan fingerprint density at radius 2 is 1.79 bits per heavy atom. The molecular weight excluding hydrogens is 409 g/mol. The minimum atomic E-state index is 0.518. The van der Waals surface area contributed by atoms with Gasteiger partial charge in [-0.05, 0) is 31.0 Å². The summed E-state index contributed by atoms with van der Waals surface area (Å²) in [4.78, 5) is 20.0. The molecule has 1 saturated heterocycles. The quantitative estimate of drug-likeness (QED) is 0.512. The number of hydrogen-bond donors (Lipinski definition) is 1. The third-order valence-corrected chi connectivity index (χ3v) is 5.58. The number of pyridine rings is 1. The minimum absolute atomic E-state index is 0.518. The van der Waals surface area contributed by atoms with Gasteiger partial charge in [0.2, 0.25) is 0 Å². The molecule has 9 heteroatoms. The predicted molar refractivity (Wildman–Crippen MR) is 115 cm³/mol. The standard InChI is InChI=1S/C20H17Cl2N7/c21-13-4-3-5-14(22)19(13)20-26-15-6-7-23-11-16(15)29(20)27-17-10-18(25-12-24-17)28-8-1-2-9-28/h3-7,10-12H,1-2,8-9H2,(H,24,25,27). The predicted octanol–water partition coefficient (Wildman–Crippen LogP) is 4.67. The lowest BCUT2D eigenvalue weighted by atomic mass is 10.2. The largest absolute Gasteiger partial charge is 0.356 e. The van der Waals surface area contributed by atoms with Crippen LogP contribution in [0, 0.1) is 0 Å². The lowest BCUT2D eigenvalue weighted by molar-refractivity contribution is 0.916. The Balaban J connectivity index is 1.62. The monoisotopic (exact) mass is 425 g/mol. The van der Waals surface area contributed by atoms with Gasteiger partial charge >= 0.3 is 0 Å². The maximum Gasteiger partial charge on any atom is 0.163 e. The molecule has 0 saturated carbocycles. The topological polar surface area (TPSA) is 71.8 Å². The molecule has 0 atom stereocenters. The summed E-state index contributed by atoms with van der Waals surface area (Å²) in [6.07, 6.45) is 7.37. The van der Waals surface area contributed by atoms with Crippen LogP contribution in [0.1, 0.15) is 12.8 Å². The Kier molecular flexibility index (Phi) is 4.69. The van der Waals surface area contributed by atoms with Crippen molar-refractivity contribution in [3.8, 4) is 11.4 Å². The summed E-state index contributed by atoms with van der Waals surface area (Å²) >= 11 is 12.9. The number of halogens is 2. The second-order valence-electron chi connectivity index (χ2n) is 6.80. The van der Waals surface area contributed by atoms with Crippen molar-refractivity contribution in [1.29, 1.82) is 0 Å². The zero-order valence-electron chi connectivity index (χ0n) is 15.4. The molecule has 7 nitrogen and oxygen atoms in total. The first-order chi connectivity index (χ1) is 14.2. The molecule has 0 unspecified atom stereocenters. The maximum absolute atomic E-state index is 6.46. The first-order valence-electron chi connectivity index (χ1n) is 9.31. The van der Waals surface area contributed by atoms with Crippen LogP contribution in [0.4, 0.5) is 11.6 Å². The van der Waals surface area contributed by atoms with Gasteiger partial charge in [-0.2, -0.15) is 0 Å². The molecule has 0 bridgehead atoms. The van der Waals surface area contributed by atoms with Gasteiger partial charge in [-0.1, -0.05) is 29.3 Å². The van der Waals surface area contributed by atoms with Gasteiger partial charge in [0, 0.05) is 25.4 Å². The first kappa shape index (κ1) is 18.1. The molecule has 146 valence electrons. The molecule has 0 radical (unpaired) electrons. The summed E-state index contributed by atoms with van der Waals surface area (Å²) in [7, 11) is 0. The molecule has 1 aliphatic heterocycles. The summed E-state index contributed by atoms with van der Waals surface area (Å²) in [5, 5.41) is 1.04. The van der Waals surface area contributed by atoms with Crippen molar-refractivity contribution in [3.63, 3.8) is 0 Å². The van der Waals surface area contributed by atoms with E-state index in [0.29, 0.717) is 27.3 Å². The molecule has 3 aromatic heterocycles. The Hall–Kier alpha value is -2.90. The molecule has 5 rings (SSSR count). The van der Waals surface area contributed by atoms with Crippen molar-refractivity contribution in [2.45, 2.75) is 12.8 Å². The van der Waals surface area contributed by atoms with E-state index in [-0.39, 0.29) is 0 Å². The normalized spacial score (nSPS) is 13.9. The molecule has 1 N–H and O–H groups in total. The molecule has 1 aromatic carbocycles. The molecule has 0 amide bonds. The zero-order valence-corrected chi connectivity index (χ0v) is 16.9. The summed E-state index contributed by atoms with van der Waals surface area (Å²) in [5.74, 6) is 2.14. The highest BCUT2D eigenvalue weighted by Crippen LogP contribution is 2.35. The number of fused-ring (bicyclic) bond motifs is 1. The van der Waals surface area contributed by atoms with Gasteiger partial charge in [0.25, 0.3) is 0 Å². The Bertz CT molecular complexity index is 1160. The van der Waals surface area contributed by atoms with Crippen LogP contribution in [-0.4, -0.2) is 37.7 Å². The molecule has 1 fully saturated rings. The highest BCUT2D eigenvalue weighted by atomic mass is 35.5. The third kappa shape index (κ3) is 3.36. The van der Waals surface area contributed by atoms with Gasteiger partial charge in [-0.15, -0.1) is 0 Å². The van der Waals surface area contributed by atoms with Crippen molar-refractivity contribution in [2.75, 3.05) is 23.4 Å². The maximum atomic E-state index is 6.46. The van der Waals surface area contributed by atoms with Gasteiger partial charge < -0.3 is 4.90 Å². The number of rotatable bonds is 4. The lowest BCUT2D eigenvalue weighted by Gasteiger charge is -2.18. The molecule has 29 heavy (non-hydrogen) atoms. The third-order valence-electron chi connectivity index (χ3n) is 4.95. The minimum Gasteiger partial charge on any atom is -0.356 e. The highest BCUT2D eigenvalue weighted by molar-refractivity contribution is 6.39. The summed E-state index contributed by atoms with van der Waals surface area (Å²) in [6, 6.07) is 9.17. The van der Waals surface area contributed by atoms with E-state index in [1.807, 2.05) is 22.9 Å². The van der Waals surface area contributed by atoms with Crippen LogP contribution < -0.4 is 10.3 Å². The molecule has 4 aromatic rings. The van der Waals surface area contributed by atoms with Crippen molar-refractivity contribution >= 4 is 45.9 Å². The lowest BCUT2D eigenvalue weighted by Crippen LogP contribution is -2.20. The number of imidazole rings is 1. The fourth-order valence-corrected chi connectivity index (χ4v) is 4.12. The van der Waals surface area contributed by atoms with Gasteiger partial charge in [0.1, 0.15) is 23.5 Å². The van der Waals surface area contributed by atoms with E-state index < -0.39 is 0 Å². The van der Waals surface area contributed by atoms with Crippen LogP contribution in [0.15, 0.2) is 49.1 Å². The Morgan fingerprint density at radius 3 is 2.59 bits per heavy atom. The molecule has 1 aliphatic rings. The zero-order chi connectivity index (χ0) is 19.8. The summed E-state index contributed by atoms with van der Waals surface area (Å²) in [6.45, 7) is 2.02.